The summed E-state index contributed by atoms with van der Waals surface area (Å²) in [6.45, 7) is 3.43. The molecule has 3 heterocycles. The van der Waals surface area contributed by atoms with Crippen LogP contribution in [0, 0.1) is 11.8 Å². The maximum Gasteiger partial charge on any atom is 0.318 e. The third-order valence-electron chi connectivity index (χ3n) is 7.32. The molecule has 3 aliphatic rings. The van der Waals surface area contributed by atoms with Crippen LogP contribution in [-0.4, -0.2) is 52.3 Å². The lowest BCUT2D eigenvalue weighted by molar-refractivity contribution is -0.141. The Hall–Kier alpha value is -2.25. The molecule has 4 rings (SSSR count). The van der Waals surface area contributed by atoms with E-state index in [1.54, 1.807) is 6.20 Å². The molecule has 2 fully saturated rings. The van der Waals surface area contributed by atoms with Crippen LogP contribution in [0.15, 0.2) is 18.5 Å². The molecule has 1 aromatic heterocycles. The van der Waals surface area contributed by atoms with E-state index in [0.29, 0.717) is 38.4 Å². The second kappa shape index (κ2) is 10.1. The number of hydrogen-bond donors (Lipinski definition) is 1. The number of carbonyl (C=O) groups is 2. The van der Waals surface area contributed by atoms with E-state index < -0.39 is 5.92 Å². The van der Waals surface area contributed by atoms with Gasteiger partial charge in [-0.05, 0) is 55.2 Å². The van der Waals surface area contributed by atoms with Crippen molar-refractivity contribution in [2.75, 3.05) is 19.6 Å². The van der Waals surface area contributed by atoms with Gasteiger partial charge in [-0.1, -0.05) is 12.8 Å². The number of urea groups is 1. The van der Waals surface area contributed by atoms with E-state index in [0.717, 1.165) is 50.8 Å². The van der Waals surface area contributed by atoms with Crippen LogP contribution >= 0.6 is 0 Å². The van der Waals surface area contributed by atoms with Crippen LogP contribution in [0.3, 0.4) is 0 Å². The largest absolute Gasteiger partial charge is 0.342 e. The summed E-state index contributed by atoms with van der Waals surface area (Å²) < 4.78 is 26.7. The molecule has 176 valence electrons. The Bertz CT molecular complexity index is 776. The molecule has 1 aliphatic carbocycles. The third-order valence-corrected chi connectivity index (χ3v) is 7.32. The molecule has 0 atom stereocenters. The minimum atomic E-state index is -2.58. The van der Waals surface area contributed by atoms with Crippen molar-refractivity contribution in [2.45, 2.75) is 76.8 Å². The van der Waals surface area contributed by atoms with Crippen molar-refractivity contribution in [3.05, 3.63) is 29.6 Å². The first-order valence-electron chi connectivity index (χ1n) is 12.0. The number of aromatic nitrogens is 1. The van der Waals surface area contributed by atoms with Crippen LogP contribution in [0.1, 0.15) is 68.9 Å². The number of unbranched alkanes of at least 4 members (excludes halogenated alkanes) is 1. The number of amides is 3. The van der Waals surface area contributed by atoms with Crippen molar-refractivity contribution in [1.29, 1.82) is 0 Å². The SMILES string of the molecule is O=C(NCCCCC1CCN(C(=O)C2CCC(F)(F)CC2)CC1)N1Cc2ccncc2C1. The fourth-order valence-electron chi connectivity index (χ4n) is 5.22. The summed E-state index contributed by atoms with van der Waals surface area (Å²) in [5.41, 5.74) is 2.29. The predicted octanol–water partition coefficient (Wildman–Crippen LogP) is 4.34. The molecule has 2 aliphatic heterocycles. The molecule has 0 bridgehead atoms. The van der Waals surface area contributed by atoms with Gasteiger partial charge in [0.05, 0.1) is 0 Å². The number of rotatable bonds is 6. The van der Waals surface area contributed by atoms with E-state index >= 15 is 0 Å². The van der Waals surface area contributed by atoms with E-state index in [4.69, 9.17) is 0 Å². The molecule has 1 saturated carbocycles. The molecule has 0 spiro atoms. The van der Waals surface area contributed by atoms with E-state index in [1.807, 2.05) is 22.1 Å². The maximum atomic E-state index is 13.3. The lowest BCUT2D eigenvalue weighted by Crippen LogP contribution is -2.43. The van der Waals surface area contributed by atoms with Crippen molar-refractivity contribution in [3.63, 3.8) is 0 Å². The summed E-state index contributed by atoms with van der Waals surface area (Å²) in [7, 11) is 0. The van der Waals surface area contributed by atoms with Crippen molar-refractivity contribution >= 4 is 11.9 Å². The Kier molecular flexibility index (Phi) is 7.26. The van der Waals surface area contributed by atoms with E-state index in [-0.39, 0.29) is 30.7 Å². The highest BCUT2D eigenvalue weighted by Gasteiger charge is 2.39. The zero-order valence-electron chi connectivity index (χ0n) is 18.7. The zero-order valence-corrected chi connectivity index (χ0v) is 18.7. The smallest absolute Gasteiger partial charge is 0.318 e. The second-order valence-electron chi connectivity index (χ2n) is 9.63. The number of alkyl halides is 2. The van der Waals surface area contributed by atoms with Crippen molar-refractivity contribution < 1.29 is 18.4 Å². The molecule has 0 aromatic carbocycles. The average molecular weight is 449 g/mol. The summed E-state index contributed by atoms with van der Waals surface area (Å²) in [5, 5.41) is 3.02. The number of pyridine rings is 1. The number of halogens is 2. The molecule has 1 N–H and O–H groups in total. The molecule has 0 unspecified atom stereocenters. The van der Waals surface area contributed by atoms with E-state index in [1.165, 1.54) is 5.56 Å². The Labute approximate surface area is 188 Å². The first-order valence-corrected chi connectivity index (χ1v) is 12.0. The highest BCUT2D eigenvalue weighted by Crippen LogP contribution is 2.37. The van der Waals surface area contributed by atoms with Crippen molar-refractivity contribution in [1.82, 2.24) is 20.1 Å². The predicted molar refractivity (Wildman–Crippen MR) is 117 cm³/mol. The number of carbonyl (C=O) groups excluding carboxylic acids is 2. The molecule has 8 heteroatoms. The fraction of sp³-hybridized carbons (Fsp3) is 0.708. The molecule has 0 radical (unpaired) electrons. The minimum absolute atomic E-state index is 0.0199. The van der Waals surface area contributed by atoms with Crippen molar-refractivity contribution in [3.8, 4) is 0 Å². The number of likely N-dealkylation sites (tertiary alicyclic amines) is 1. The van der Waals surface area contributed by atoms with E-state index in [9.17, 15) is 18.4 Å². The van der Waals surface area contributed by atoms with Crippen LogP contribution in [-0.2, 0) is 17.9 Å². The molecule has 1 aromatic rings. The second-order valence-corrected chi connectivity index (χ2v) is 9.63. The Morgan fingerprint density at radius 3 is 2.47 bits per heavy atom. The van der Waals surface area contributed by atoms with Crippen molar-refractivity contribution in [2.24, 2.45) is 11.8 Å². The first-order chi connectivity index (χ1) is 15.4. The Morgan fingerprint density at radius 1 is 1.03 bits per heavy atom. The van der Waals surface area contributed by atoms with Gasteiger partial charge in [-0.25, -0.2) is 13.6 Å². The van der Waals surface area contributed by atoms with Gasteiger partial charge < -0.3 is 15.1 Å². The number of piperidine rings is 1. The normalized spacial score (nSPS) is 21.4. The summed E-state index contributed by atoms with van der Waals surface area (Å²) in [6, 6.07) is 1.95. The minimum Gasteiger partial charge on any atom is -0.342 e. The lowest BCUT2D eigenvalue weighted by atomic mass is 9.84. The standard InChI is InChI=1S/C24H34F2N4O2/c25-24(26)9-4-19(5-10-24)22(31)29-13-7-18(8-14-29)3-1-2-11-28-23(32)30-16-20-6-12-27-15-21(20)17-30/h6,12,15,18-19H,1-5,7-11,13-14,16-17H2,(H,28,32). The first kappa shape index (κ1) is 22.9. The summed E-state index contributed by atoms with van der Waals surface area (Å²) in [5.74, 6) is -2.11. The van der Waals surface area contributed by atoms with Crippen LogP contribution in [0.25, 0.3) is 0 Å². The van der Waals surface area contributed by atoms with Gasteiger partial charge in [0.1, 0.15) is 0 Å². The topological polar surface area (TPSA) is 65.5 Å². The number of fused-ring (bicyclic) bond motifs is 1. The Morgan fingerprint density at radius 2 is 1.75 bits per heavy atom. The molecular weight excluding hydrogens is 414 g/mol. The van der Waals surface area contributed by atoms with Gasteiger partial charge in [-0.15, -0.1) is 0 Å². The highest BCUT2D eigenvalue weighted by atomic mass is 19.3. The molecule has 32 heavy (non-hydrogen) atoms. The fourth-order valence-corrected chi connectivity index (χ4v) is 5.22. The maximum absolute atomic E-state index is 13.3. The monoisotopic (exact) mass is 448 g/mol. The number of hydrogen-bond acceptors (Lipinski definition) is 3. The molecular formula is C24H34F2N4O2. The average Bonchev–Trinajstić information content (AvgIpc) is 3.23. The van der Waals surface area contributed by atoms with Crippen LogP contribution in [0.5, 0.6) is 0 Å². The highest BCUT2D eigenvalue weighted by molar-refractivity contribution is 5.79. The van der Waals surface area contributed by atoms with Crippen LogP contribution in [0.4, 0.5) is 13.6 Å². The third kappa shape index (κ3) is 5.75. The van der Waals surface area contributed by atoms with Crippen LogP contribution in [0.2, 0.25) is 0 Å². The quantitative estimate of drug-likeness (QED) is 0.659. The van der Waals surface area contributed by atoms with Gasteiger partial charge in [-0.2, -0.15) is 0 Å². The van der Waals surface area contributed by atoms with Gasteiger partial charge in [-0.3, -0.25) is 9.78 Å². The zero-order chi connectivity index (χ0) is 22.6. The van der Waals surface area contributed by atoms with Crippen LogP contribution < -0.4 is 5.32 Å². The Balaban J connectivity index is 1.07. The molecule has 1 saturated heterocycles. The number of nitrogens with zero attached hydrogens (tertiary/aromatic N) is 3. The molecule has 3 amide bonds. The lowest BCUT2D eigenvalue weighted by Gasteiger charge is -2.36. The summed E-state index contributed by atoms with van der Waals surface area (Å²) in [4.78, 5) is 32.8. The van der Waals surface area contributed by atoms with Gasteiger partial charge in [0.15, 0.2) is 0 Å². The molecule has 6 nitrogen and oxygen atoms in total. The van der Waals surface area contributed by atoms with E-state index in [2.05, 4.69) is 10.3 Å². The van der Waals surface area contributed by atoms with Gasteiger partial charge >= 0.3 is 6.03 Å². The summed E-state index contributed by atoms with van der Waals surface area (Å²) in [6.07, 6.45) is 9.00. The van der Waals surface area contributed by atoms with Gasteiger partial charge in [0.25, 0.3) is 0 Å². The van der Waals surface area contributed by atoms with Gasteiger partial charge in [0.2, 0.25) is 11.8 Å². The number of nitrogens with one attached hydrogen (secondary N) is 1. The van der Waals surface area contributed by atoms with Gasteiger partial charge in [0, 0.05) is 63.9 Å². The summed E-state index contributed by atoms with van der Waals surface area (Å²) >= 11 is 0.